The van der Waals surface area contributed by atoms with Crippen LogP contribution in [0, 0.1) is 0 Å². The van der Waals surface area contributed by atoms with E-state index in [1.165, 1.54) is 7.11 Å². The van der Waals surface area contributed by atoms with Gasteiger partial charge in [-0.1, -0.05) is 30.3 Å². The number of benzene rings is 3. The van der Waals surface area contributed by atoms with E-state index in [-0.39, 0.29) is 12.5 Å². The molecule has 0 bridgehead atoms. The molecule has 29 heavy (non-hydrogen) atoms. The molecule has 1 amide bonds. The van der Waals surface area contributed by atoms with Crippen molar-refractivity contribution in [1.29, 1.82) is 0 Å². The van der Waals surface area contributed by atoms with Gasteiger partial charge in [0.25, 0.3) is 0 Å². The van der Waals surface area contributed by atoms with Crippen molar-refractivity contribution >= 4 is 23.3 Å². The second kappa shape index (κ2) is 9.94. The highest BCUT2D eigenvalue weighted by Crippen LogP contribution is 2.17. The first kappa shape index (κ1) is 19.9. The van der Waals surface area contributed by atoms with Crippen LogP contribution in [0.1, 0.15) is 15.9 Å². The van der Waals surface area contributed by atoms with Gasteiger partial charge in [0.05, 0.1) is 19.2 Å². The van der Waals surface area contributed by atoms with Crippen LogP contribution in [0.25, 0.3) is 0 Å². The molecule has 0 saturated carbocycles. The van der Waals surface area contributed by atoms with Gasteiger partial charge in [0, 0.05) is 11.4 Å². The summed E-state index contributed by atoms with van der Waals surface area (Å²) in [5.41, 5.74) is 2.95. The minimum absolute atomic E-state index is 0.114. The number of carbonyl (C=O) groups excluding carboxylic acids is 2. The van der Waals surface area contributed by atoms with Crippen LogP contribution >= 0.6 is 0 Å². The average Bonchev–Trinajstić information content (AvgIpc) is 2.77. The molecule has 0 atom stereocenters. The molecule has 3 aromatic rings. The van der Waals surface area contributed by atoms with E-state index in [1.54, 1.807) is 24.3 Å². The number of rotatable bonds is 8. The third kappa shape index (κ3) is 6.10. The summed E-state index contributed by atoms with van der Waals surface area (Å²) in [6.45, 7) is 0.619. The van der Waals surface area contributed by atoms with Crippen molar-refractivity contribution in [3.05, 3.63) is 90.0 Å². The standard InChI is InChI=1S/C23H22N2O4/c1-28-23(27)18-7-9-20(10-8-18)25-22(26)15-24-19-11-13-21(14-12-19)29-16-17-5-3-2-4-6-17/h2-14,24H,15-16H2,1H3,(H,25,26). The van der Waals surface area contributed by atoms with Gasteiger partial charge in [-0.05, 0) is 54.1 Å². The van der Waals surface area contributed by atoms with Crippen LogP contribution in [0.4, 0.5) is 11.4 Å². The van der Waals surface area contributed by atoms with Crippen LogP contribution in [0.15, 0.2) is 78.9 Å². The fourth-order valence-corrected chi connectivity index (χ4v) is 2.60. The summed E-state index contributed by atoms with van der Waals surface area (Å²) in [7, 11) is 1.33. The number of methoxy groups -OCH3 is 1. The lowest BCUT2D eigenvalue weighted by Crippen LogP contribution is -2.21. The van der Waals surface area contributed by atoms with Gasteiger partial charge in [-0.3, -0.25) is 4.79 Å². The molecule has 3 aromatic carbocycles. The summed E-state index contributed by atoms with van der Waals surface area (Å²) in [4.78, 5) is 23.5. The summed E-state index contributed by atoms with van der Waals surface area (Å²) in [5, 5.41) is 5.83. The Balaban J connectivity index is 1.44. The van der Waals surface area contributed by atoms with Crippen molar-refractivity contribution in [2.75, 3.05) is 24.3 Å². The Morgan fingerprint density at radius 1 is 0.828 bits per heavy atom. The first-order chi connectivity index (χ1) is 14.1. The van der Waals surface area contributed by atoms with Crippen molar-refractivity contribution in [3.8, 4) is 5.75 Å². The molecule has 6 nitrogen and oxygen atoms in total. The van der Waals surface area contributed by atoms with Gasteiger partial charge < -0.3 is 20.1 Å². The molecule has 6 heteroatoms. The van der Waals surface area contributed by atoms with Crippen molar-refractivity contribution in [3.63, 3.8) is 0 Å². The number of hydrogen-bond donors (Lipinski definition) is 2. The molecule has 0 aliphatic rings. The van der Waals surface area contributed by atoms with Crippen molar-refractivity contribution in [2.45, 2.75) is 6.61 Å². The van der Waals surface area contributed by atoms with E-state index >= 15 is 0 Å². The summed E-state index contributed by atoms with van der Waals surface area (Å²) in [6, 6.07) is 23.9. The van der Waals surface area contributed by atoms with Crippen LogP contribution in [0.2, 0.25) is 0 Å². The highest BCUT2D eigenvalue weighted by molar-refractivity contribution is 5.95. The topological polar surface area (TPSA) is 76.7 Å². The number of anilines is 2. The minimum atomic E-state index is -0.416. The molecular weight excluding hydrogens is 368 g/mol. The van der Waals surface area contributed by atoms with Crippen molar-refractivity contribution in [1.82, 2.24) is 0 Å². The normalized spacial score (nSPS) is 10.1. The van der Waals surface area contributed by atoms with Crippen molar-refractivity contribution in [2.24, 2.45) is 0 Å². The smallest absolute Gasteiger partial charge is 0.337 e. The fourth-order valence-electron chi connectivity index (χ4n) is 2.60. The van der Waals surface area contributed by atoms with Crippen LogP contribution in [-0.4, -0.2) is 25.5 Å². The average molecular weight is 390 g/mol. The molecular formula is C23H22N2O4. The van der Waals surface area contributed by atoms with Gasteiger partial charge >= 0.3 is 5.97 Å². The molecule has 0 heterocycles. The molecule has 0 saturated heterocycles. The maximum atomic E-state index is 12.1. The number of hydrogen-bond acceptors (Lipinski definition) is 5. The Labute approximate surface area is 169 Å². The molecule has 0 spiro atoms. The van der Waals surface area contributed by atoms with E-state index in [0.717, 1.165) is 17.0 Å². The number of amides is 1. The zero-order valence-corrected chi connectivity index (χ0v) is 16.1. The SMILES string of the molecule is COC(=O)c1ccc(NC(=O)CNc2ccc(OCc3ccccc3)cc2)cc1. The Kier molecular flexibility index (Phi) is 6.84. The van der Waals surface area contributed by atoms with Crippen LogP contribution in [-0.2, 0) is 16.1 Å². The number of carbonyl (C=O) groups is 2. The lowest BCUT2D eigenvalue weighted by atomic mass is 10.2. The van der Waals surface area contributed by atoms with Gasteiger partial charge in [0.2, 0.25) is 5.91 Å². The first-order valence-corrected chi connectivity index (χ1v) is 9.13. The summed E-state index contributed by atoms with van der Waals surface area (Å²) in [6.07, 6.45) is 0. The van der Waals surface area contributed by atoms with E-state index < -0.39 is 5.97 Å². The van der Waals surface area contributed by atoms with Crippen LogP contribution in [0.5, 0.6) is 5.75 Å². The number of nitrogens with one attached hydrogen (secondary N) is 2. The molecule has 0 aromatic heterocycles. The summed E-state index contributed by atoms with van der Waals surface area (Å²) < 4.78 is 10.4. The van der Waals surface area contributed by atoms with E-state index in [1.807, 2.05) is 54.6 Å². The predicted molar refractivity (Wildman–Crippen MR) is 112 cm³/mol. The Bertz CT molecular complexity index is 939. The highest BCUT2D eigenvalue weighted by atomic mass is 16.5. The molecule has 0 unspecified atom stereocenters. The minimum Gasteiger partial charge on any atom is -0.489 e. The second-order valence-electron chi connectivity index (χ2n) is 6.27. The predicted octanol–water partition coefficient (Wildman–Crippen LogP) is 4.10. The second-order valence-corrected chi connectivity index (χ2v) is 6.27. The van der Waals surface area contributed by atoms with Gasteiger partial charge in [0.1, 0.15) is 12.4 Å². The fraction of sp³-hybridized carbons (Fsp3) is 0.130. The zero-order chi connectivity index (χ0) is 20.5. The Morgan fingerprint density at radius 3 is 2.14 bits per heavy atom. The molecule has 2 N–H and O–H groups in total. The van der Waals surface area contributed by atoms with Gasteiger partial charge in [-0.25, -0.2) is 4.79 Å². The van der Waals surface area contributed by atoms with Gasteiger partial charge in [-0.15, -0.1) is 0 Å². The zero-order valence-electron chi connectivity index (χ0n) is 16.1. The quantitative estimate of drug-likeness (QED) is 0.566. The van der Waals surface area contributed by atoms with Crippen LogP contribution < -0.4 is 15.4 Å². The molecule has 0 radical (unpaired) electrons. The largest absolute Gasteiger partial charge is 0.489 e. The van der Waals surface area contributed by atoms with E-state index in [0.29, 0.717) is 17.9 Å². The molecule has 0 aliphatic heterocycles. The summed E-state index contributed by atoms with van der Waals surface area (Å²) >= 11 is 0. The first-order valence-electron chi connectivity index (χ1n) is 9.13. The van der Waals surface area contributed by atoms with E-state index in [2.05, 4.69) is 15.4 Å². The summed E-state index contributed by atoms with van der Waals surface area (Å²) in [5.74, 6) is 0.149. The third-order valence-corrected chi connectivity index (χ3v) is 4.15. The molecule has 148 valence electrons. The number of esters is 1. The lowest BCUT2D eigenvalue weighted by Gasteiger charge is -2.10. The molecule has 0 aliphatic carbocycles. The lowest BCUT2D eigenvalue weighted by molar-refractivity contribution is -0.114. The van der Waals surface area contributed by atoms with E-state index in [9.17, 15) is 9.59 Å². The third-order valence-electron chi connectivity index (χ3n) is 4.15. The monoisotopic (exact) mass is 390 g/mol. The van der Waals surface area contributed by atoms with Crippen LogP contribution in [0.3, 0.4) is 0 Å². The van der Waals surface area contributed by atoms with E-state index in [4.69, 9.17) is 4.74 Å². The molecule has 0 fully saturated rings. The van der Waals surface area contributed by atoms with Gasteiger partial charge in [-0.2, -0.15) is 0 Å². The van der Waals surface area contributed by atoms with Gasteiger partial charge in [0.15, 0.2) is 0 Å². The number of ether oxygens (including phenoxy) is 2. The molecule has 3 rings (SSSR count). The maximum absolute atomic E-state index is 12.1. The Morgan fingerprint density at radius 2 is 1.48 bits per heavy atom. The highest BCUT2D eigenvalue weighted by Gasteiger charge is 2.06. The maximum Gasteiger partial charge on any atom is 0.337 e. The Hall–Kier alpha value is -3.80. The van der Waals surface area contributed by atoms with Crippen molar-refractivity contribution < 1.29 is 19.1 Å².